The normalized spacial score (nSPS) is 25.1. The van der Waals surface area contributed by atoms with Gasteiger partial charge in [-0.3, -0.25) is 4.90 Å². The smallest absolute Gasteiger partial charge is 0.372 e. The number of nitrogens with one attached hydrogen (secondary N) is 1. The zero-order valence-corrected chi connectivity index (χ0v) is 18.8. The van der Waals surface area contributed by atoms with Crippen LogP contribution in [0.5, 0.6) is 0 Å². The first-order valence-corrected chi connectivity index (χ1v) is 11.4. The minimum Gasteiger partial charge on any atom is -0.372 e. The van der Waals surface area contributed by atoms with Crippen LogP contribution < -0.4 is 5.32 Å². The van der Waals surface area contributed by atoms with Crippen LogP contribution in [0.4, 0.5) is 26.3 Å². The summed E-state index contributed by atoms with van der Waals surface area (Å²) in [6, 6.07) is 11.6. The van der Waals surface area contributed by atoms with Crippen LogP contribution in [-0.2, 0) is 22.6 Å². The molecule has 2 aliphatic heterocycles. The first kappa shape index (κ1) is 25.0. The molecule has 2 aromatic carbocycles. The van der Waals surface area contributed by atoms with Gasteiger partial charge in [0.05, 0.1) is 29.4 Å². The molecule has 2 fully saturated rings. The third-order valence-corrected chi connectivity index (χ3v) is 6.90. The molecule has 2 saturated heterocycles. The van der Waals surface area contributed by atoms with Crippen molar-refractivity contribution in [3.63, 3.8) is 0 Å². The van der Waals surface area contributed by atoms with Gasteiger partial charge in [0.25, 0.3) is 0 Å². The van der Waals surface area contributed by atoms with E-state index >= 15 is 0 Å². The van der Waals surface area contributed by atoms with Crippen LogP contribution in [0.3, 0.4) is 0 Å². The summed E-state index contributed by atoms with van der Waals surface area (Å²) in [5.74, 6) is 0. The predicted octanol–water partition coefficient (Wildman–Crippen LogP) is 6.16. The Kier molecular flexibility index (Phi) is 6.99. The first-order valence-electron chi connectivity index (χ1n) is 11.4. The Morgan fingerprint density at radius 2 is 1.56 bits per heavy atom. The molecule has 0 aliphatic carbocycles. The van der Waals surface area contributed by atoms with E-state index in [1.165, 1.54) is 6.92 Å². The highest BCUT2D eigenvalue weighted by atomic mass is 19.4. The number of ether oxygens (including phenoxy) is 1. The highest BCUT2D eigenvalue weighted by molar-refractivity contribution is 5.35. The fourth-order valence-corrected chi connectivity index (χ4v) is 4.97. The molecule has 3 unspecified atom stereocenters. The number of hydrogen-bond acceptors (Lipinski definition) is 3. The van der Waals surface area contributed by atoms with Crippen molar-refractivity contribution >= 4 is 0 Å². The summed E-state index contributed by atoms with van der Waals surface area (Å²) in [6.07, 6.45) is -7.69. The van der Waals surface area contributed by atoms with Crippen molar-refractivity contribution in [2.24, 2.45) is 0 Å². The number of benzene rings is 2. The van der Waals surface area contributed by atoms with Gasteiger partial charge in [0.1, 0.15) is 0 Å². The molecule has 0 bridgehead atoms. The van der Waals surface area contributed by atoms with Crippen LogP contribution in [0, 0.1) is 0 Å². The van der Waals surface area contributed by atoms with E-state index in [0.29, 0.717) is 6.04 Å². The maximum absolute atomic E-state index is 13.3. The summed E-state index contributed by atoms with van der Waals surface area (Å²) in [4.78, 5) is 2.43. The van der Waals surface area contributed by atoms with E-state index in [1.54, 1.807) is 0 Å². The number of likely N-dealkylation sites (tertiary alicyclic amines) is 1. The van der Waals surface area contributed by atoms with Gasteiger partial charge in [-0.25, -0.2) is 0 Å². The largest absolute Gasteiger partial charge is 0.416 e. The van der Waals surface area contributed by atoms with Crippen molar-refractivity contribution in [3.8, 4) is 0 Å². The molecule has 9 heteroatoms. The molecule has 3 atom stereocenters. The summed E-state index contributed by atoms with van der Waals surface area (Å²) in [5, 5.41) is 3.56. The van der Waals surface area contributed by atoms with Crippen molar-refractivity contribution in [1.82, 2.24) is 10.2 Å². The van der Waals surface area contributed by atoms with Gasteiger partial charge in [-0.1, -0.05) is 30.3 Å². The fraction of sp³-hybridized carbons (Fsp3) is 0.520. The van der Waals surface area contributed by atoms with Crippen molar-refractivity contribution in [1.29, 1.82) is 0 Å². The Bertz CT molecular complexity index is 939. The number of halogens is 6. The second kappa shape index (κ2) is 9.51. The molecular formula is C25H28F6N2O. The van der Waals surface area contributed by atoms with E-state index in [1.807, 2.05) is 30.3 Å². The summed E-state index contributed by atoms with van der Waals surface area (Å²) in [5.41, 5.74) is -2.40. The molecule has 2 heterocycles. The Morgan fingerprint density at radius 3 is 2.12 bits per heavy atom. The summed E-state index contributed by atoms with van der Waals surface area (Å²) >= 11 is 0. The van der Waals surface area contributed by atoms with E-state index in [2.05, 4.69) is 10.2 Å². The highest BCUT2D eigenvalue weighted by Crippen LogP contribution is 2.39. The molecule has 4 rings (SSSR count). The average molecular weight is 486 g/mol. The monoisotopic (exact) mass is 486 g/mol. The van der Waals surface area contributed by atoms with Crippen LogP contribution in [0.15, 0.2) is 48.5 Å². The Balaban J connectivity index is 1.57. The minimum atomic E-state index is -4.89. The van der Waals surface area contributed by atoms with Crippen molar-refractivity contribution < 1.29 is 31.1 Å². The molecule has 0 aromatic heterocycles. The van der Waals surface area contributed by atoms with E-state index in [4.69, 9.17) is 4.74 Å². The molecule has 186 valence electrons. The molecule has 0 radical (unpaired) electrons. The molecule has 1 N–H and O–H groups in total. The molecular weight excluding hydrogens is 458 g/mol. The van der Waals surface area contributed by atoms with Crippen molar-refractivity contribution in [2.75, 3.05) is 26.2 Å². The second-order valence-electron chi connectivity index (χ2n) is 9.22. The van der Waals surface area contributed by atoms with Crippen LogP contribution in [0.1, 0.15) is 54.5 Å². The second-order valence-corrected chi connectivity index (χ2v) is 9.22. The predicted molar refractivity (Wildman–Crippen MR) is 116 cm³/mol. The lowest BCUT2D eigenvalue weighted by molar-refractivity contribution is -0.143. The Hall–Kier alpha value is -2.10. The van der Waals surface area contributed by atoms with E-state index in [-0.39, 0.29) is 18.2 Å². The Labute approximate surface area is 195 Å². The van der Waals surface area contributed by atoms with Crippen LogP contribution in [0.25, 0.3) is 0 Å². The van der Waals surface area contributed by atoms with Gasteiger partial charge in [0.15, 0.2) is 0 Å². The lowest BCUT2D eigenvalue weighted by Crippen LogP contribution is -2.41. The summed E-state index contributed by atoms with van der Waals surface area (Å²) in [7, 11) is 0. The molecule has 2 aromatic rings. The highest BCUT2D eigenvalue weighted by Gasteiger charge is 2.43. The zero-order chi connectivity index (χ0) is 24.6. The number of alkyl halides is 6. The van der Waals surface area contributed by atoms with Gasteiger partial charge in [-0.05, 0) is 68.6 Å². The van der Waals surface area contributed by atoms with Gasteiger partial charge >= 0.3 is 12.4 Å². The standard InChI is InChI=1S/C25H28F6N2O/c1-17(18-11-20(24(26,27)28)13-21(12-18)25(29,30)31)34-16-23(19-7-3-2-4-8-19)14-22(15-32-23)33-9-5-6-10-33/h2-4,7-8,11-13,17,22,32H,5-6,9-10,14-16H2,1H3. The van der Waals surface area contributed by atoms with Crippen LogP contribution in [0.2, 0.25) is 0 Å². The molecule has 0 saturated carbocycles. The SMILES string of the molecule is CC(OCC1(c2ccccc2)CC(N2CCCC2)CN1)c1cc(C(F)(F)F)cc(C(F)(F)F)c1. The first-order chi connectivity index (χ1) is 16.0. The quantitative estimate of drug-likeness (QED) is 0.496. The fourth-order valence-electron chi connectivity index (χ4n) is 4.97. The number of nitrogens with zero attached hydrogens (tertiary/aromatic N) is 1. The lowest BCUT2D eigenvalue weighted by Gasteiger charge is -2.33. The van der Waals surface area contributed by atoms with Crippen LogP contribution in [-0.4, -0.2) is 37.2 Å². The maximum atomic E-state index is 13.3. The Morgan fingerprint density at radius 1 is 0.971 bits per heavy atom. The lowest BCUT2D eigenvalue weighted by atomic mass is 9.87. The van der Waals surface area contributed by atoms with Gasteiger partial charge in [0, 0.05) is 12.6 Å². The number of hydrogen-bond donors (Lipinski definition) is 1. The van der Waals surface area contributed by atoms with Crippen molar-refractivity contribution in [2.45, 2.75) is 56.2 Å². The summed E-state index contributed by atoms with van der Waals surface area (Å²) < 4.78 is 85.7. The molecule has 34 heavy (non-hydrogen) atoms. The zero-order valence-electron chi connectivity index (χ0n) is 18.8. The van der Waals surface area contributed by atoms with Gasteiger partial charge in [-0.15, -0.1) is 0 Å². The number of rotatable bonds is 6. The summed E-state index contributed by atoms with van der Waals surface area (Å²) in [6.45, 7) is 4.41. The van der Waals surface area contributed by atoms with E-state index in [9.17, 15) is 26.3 Å². The third kappa shape index (κ3) is 5.42. The molecule has 0 amide bonds. The topological polar surface area (TPSA) is 24.5 Å². The molecule has 0 spiro atoms. The van der Waals surface area contributed by atoms with Crippen molar-refractivity contribution in [3.05, 3.63) is 70.8 Å². The average Bonchev–Trinajstić information content (AvgIpc) is 3.47. The van der Waals surface area contributed by atoms with E-state index in [0.717, 1.165) is 56.6 Å². The van der Waals surface area contributed by atoms with Gasteiger partial charge in [0.2, 0.25) is 0 Å². The van der Waals surface area contributed by atoms with Crippen LogP contribution >= 0.6 is 0 Å². The van der Waals surface area contributed by atoms with Gasteiger partial charge in [-0.2, -0.15) is 26.3 Å². The third-order valence-electron chi connectivity index (χ3n) is 6.90. The maximum Gasteiger partial charge on any atom is 0.416 e. The molecule has 3 nitrogen and oxygen atoms in total. The molecule has 2 aliphatic rings. The minimum absolute atomic E-state index is 0.125. The van der Waals surface area contributed by atoms with Gasteiger partial charge < -0.3 is 10.1 Å². The van der Waals surface area contributed by atoms with E-state index < -0.39 is 35.1 Å².